The zero-order valence-electron chi connectivity index (χ0n) is 17.3. The van der Waals surface area contributed by atoms with Crippen LogP contribution in [0.4, 0.5) is 5.82 Å². The predicted octanol–water partition coefficient (Wildman–Crippen LogP) is 2.58. The lowest BCUT2D eigenvalue weighted by Gasteiger charge is -2.35. The number of piperazine rings is 1. The zero-order chi connectivity index (χ0) is 20.8. The summed E-state index contributed by atoms with van der Waals surface area (Å²) in [6, 6.07) is 11.7. The summed E-state index contributed by atoms with van der Waals surface area (Å²) in [4.78, 5) is 25.5. The molecule has 3 heterocycles. The lowest BCUT2D eigenvalue weighted by molar-refractivity contribution is 0.0951. The fourth-order valence-electron chi connectivity index (χ4n) is 3.81. The van der Waals surface area contributed by atoms with Crippen LogP contribution < -0.4 is 15.0 Å². The minimum atomic E-state index is -0.0634. The first-order valence-electron chi connectivity index (χ1n) is 10.3. The maximum atomic E-state index is 12.1. The van der Waals surface area contributed by atoms with E-state index in [9.17, 15) is 4.79 Å². The number of amides is 1. The molecule has 1 amide bonds. The van der Waals surface area contributed by atoms with Gasteiger partial charge in [0.25, 0.3) is 5.91 Å². The molecule has 30 heavy (non-hydrogen) atoms. The van der Waals surface area contributed by atoms with Crippen LogP contribution in [0.1, 0.15) is 16.8 Å². The average molecular weight is 406 g/mol. The Balaban J connectivity index is 1.25. The van der Waals surface area contributed by atoms with Crippen molar-refractivity contribution >= 4 is 22.5 Å². The summed E-state index contributed by atoms with van der Waals surface area (Å²) in [6.07, 6.45) is 6.06. The highest BCUT2D eigenvalue weighted by Crippen LogP contribution is 2.28. The van der Waals surface area contributed by atoms with Gasteiger partial charge < -0.3 is 15.0 Å². The Kier molecular flexibility index (Phi) is 6.39. The molecule has 1 aliphatic rings. The van der Waals surface area contributed by atoms with E-state index in [1.165, 1.54) is 0 Å². The van der Waals surface area contributed by atoms with Gasteiger partial charge in [-0.25, -0.2) is 4.98 Å². The number of fused-ring (bicyclic) bond motifs is 1. The third kappa shape index (κ3) is 4.68. The monoisotopic (exact) mass is 405 g/mol. The zero-order valence-corrected chi connectivity index (χ0v) is 17.3. The topological polar surface area (TPSA) is 70.6 Å². The lowest BCUT2D eigenvalue weighted by atomic mass is 10.1. The number of pyridine rings is 2. The molecule has 0 unspecified atom stereocenters. The quantitative estimate of drug-likeness (QED) is 0.610. The van der Waals surface area contributed by atoms with Gasteiger partial charge in [-0.1, -0.05) is 0 Å². The minimum absolute atomic E-state index is 0.0634. The summed E-state index contributed by atoms with van der Waals surface area (Å²) in [7, 11) is 1.69. The van der Waals surface area contributed by atoms with Crippen molar-refractivity contribution in [3.05, 3.63) is 60.6 Å². The van der Waals surface area contributed by atoms with Crippen LogP contribution in [-0.2, 0) is 0 Å². The van der Waals surface area contributed by atoms with Gasteiger partial charge in [0.15, 0.2) is 0 Å². The van der Waals surface area contributed by atoms with E-state index in [2.05, 4.69) is 37.2 Å². The smallest absolute Gasteiger partial charge is 0.252 e. The molecule has 4 rings (SSSR count). The summed E-state index contributed by atoms with van der Waals surface area (Å²) >= 11 is 0. The highest BCUT2D eigenvalue weighted by Gasteiger charge is 2.19. The van der Waals surface area contributed by atoms with Crippen LogP contribution in [0.15, 0.2) is 55.0 Å². The molecule has 0 spiro atoms. The summed E-state index contributed by atoms with van der Waals surface area (Å²) < 4.78 is 5.34. The van der Waals surface area contributed by atoms with Crippen molar-refractivity contribution in [1.29, 1.82) is 0 Å². The van der Waals surface area contributed by atoms with Gasteiger partial charge in [0.05, 0.1) is 12.7 Å². The molecule has 7 heteroatoms. The molecule has 2 aromatic heterocycles. The highest BCUT2D eigenvalue weighted by molar-refractivity contribution is 5.94. The first-order valence-corrected chi connectivity index (χ1v) is 10.3. The molecule has 1 N–H and O–H groups in total. The van der Waals surface area contributed by atoms with Crippen LogP contribution >= 0.6 is 0 Å². The van der Waals surface area contributed by atoms with Crippen LogP contribution in [0.3, 0.4) is 0 Å². The maximum absolute atomic E-state index is 12.1. The molecule has 3 aromatic rings. The molecule has 156 valence electrons. The molecular formula is C23H27N5O2. The van der Waals surface area contributed by atoms with Crippen molar-refractivity contribution in [1.82, 2.24) is 20.2 Å². The Hall–Kier alpha value is -3.19. The number of hydrogen-bond acceptors (Lipinski definition) is 6. The number of nitrogens with one attached hydrogen (secondary N) is 1. The van der Waals surface area contributed by atoms with Crippen molar-refractivity contribution in [2.75, 3.05) is 51.3 Å². The van der Waals surface area contributed by atoms with Gasteiger partial charge in [0.1, 0.15) is 11.6 Å². The van der Waals surface area contributed by atoms with Gasteiger partial charge in [-0.05, 0) is 54.8 Å². The van der Waals surface area contributed by atoms with Crippen LogP contribution in [0.5, 0.6) is 5.75 Å². The van der Waals surface area contributed by atoms with Gasteiger partial charge in [0, 0.05) is 56.7 Å². The lowest BCUT2D eigenvalue weighted by Crippen LogP contribution is -2.47. The number of rotatable bonds is 7. The van der Waals surface area contributed by atoms with Crippen LogP contribution in [0, 0.1) is 0 Å². The van der Waals surface area contributed by atoms with Crippen LogP contribution in [0.2, 0.25) is 0 Å². The van der Waals surface area contributed by atoms with Gasteiger partial charge in [-0.15, -0.1) is 0 Å². The SMILES string of the molecule is COc1ccc2c(N3CCN(CCCNC(=O)c4cccnc4)CC3)nccc2c1. The normalized spacial score (nSPS) is 14.6. The summed E-state index contributed by atoms with van der Waals surface area (Å²) in [5, 5.41) is 5.27. The average Bonchev–Trinajstić information content (AvgIpc) is 2.82. The second-order valence-corrected chi connectivity index (χ2v) is 7.40. The van der Waals surface area contributed by atoms with E-state index in [0.717, 1.165) is 61.5 Å². The molecule has 0 aliphatic carbocycles. The Morgan fingerprint density at radius 2 is 2.00 bits per heavy atom. The Labute approximate surface area is 176 Å². The number of carbonyl (C=O) groups excluding carboxylic acids is 1. The van der Waals surface area contributed by atoms with Crippen LogP contribution in [-0.4, -0.2) is 67.2 Å². The number of hydrogen-bond donors (Lipinski definition) is 1. The maximum Gasteiger partial charge on any atom is 0.252 e. The van der Waals surface area contributed by atoms with E-state index in [1.54, 1.807) is 31.6 Å². The molecule has 1 aliphatic heterocycles. The molecule has 1 saturated heterocycles. The third-order valence-electron chi connectivity index (χ3n) is 5.48. The highest BCUT2D eigenvalue weighted by atomic mass is 16.5. The molecule has 0 saturated carbocycles. The molecule has 1 aromatic carbocycles. The number of ether oxygens (including phenoxy) is 1. The predicted molar refractivity (Wildman–Crippen MR) is 118 cm³/mol. The van der Waals surface area contributed by atoms with E-state index in [-0.39, 0.29) is 5.91 Å². The van der Waals surface area contributed by atoms with E-state index in [4.69, 9.17) is 4.74 Å². The summed E-state index contributed by atoms with van der Waals surface area (Å²) in [5.41, 5.74) is 0.603. The largest absolute Gasteiger partial charge is 0.497 e. The van der Waals surface area contributed by atoms with Crippen LogP contribution in [0.25, 0.3) is 10.8 Å². The standard InChI is InChI=1S/C23H27N5O2/c1-30-20-5-6-21-18(16-20)7-10-25-22(21)28-14-12-27(13-15-28)11-3-9-26-23(29)19-4-2-8-24-17-19/h2,4-8,10,16-17H,3,9,11-15H2,1H3,(H,26,29). The number of anilines is 1. The fourth-order valence-corrected chi connectivity index (χ4v) is 3.81. The van der Waals surface area contributed by atoms with Crippen molar-refractivity contribution in [2.45, 2.75) is 6.42 Å². The minimum Gasteiger partial charge on any atom is -0.497 e. The Morgan fingerprint density at radius 1 is 1.13 bits per heavy atom. The molecule has 1 fully saturated rings. The van der Waals surface area contributed by atoms with Gasteiger partial charge in [-0.3, -0.25) is 14.7 Å². The van der Waals surface area contributed by atoms with Crippen molar-refractivity contribution in [3.63, 3.8) is 0 Å². The molecular weight excluding hydrogens is 378 g/mol. The van der Waals surface area contributed by atoms with Crippen molar-refractivity contribution in [2.24, 2.45) is 0 Å². The molecule has 0 bridgehead atoms. The first-order chi connectivity index (χ1) is 14.7. The Morgan fingerprint density at radius 3 is 2.77 bits per heavy atom. The Bertz CT molecular complexity index is 987. The fraction of sp³-hybridized carbons (Fsp3) is 0.348. The summed E-state index contributed by atoms with van der Waals surface area (Å²) in [6.45, 7) is 5.51. The number of aromatic nitrogens is 2. The second kappa shape index (κ2) is 9.54. The molecule has 0 atom stereocenters. The van der Waals surface area contributed by atoms with Crippen molar-refractivity contribution < 1.29 is 9.53 Å². The van der Waals surface area contributed by atoms with Gasteiger partial charge in [0.2, 0.25) is 0 Å². The van der Waals surface area contributed by atoms with Gasteiger partial charge >= 0.3 is 0 Å². The number of nitrogens with zero attached hydrogens (tertiary/aromatic N) is 4. The van der Waals surface area contributed by atoms with Gasteiger partial charge in [-0.2, -0.15) is 0 Å². The van der Waals surface area contributed by atoms with E-state index in [0.29, 0.717) is 12.1 Å². The number of methoxy groups -OCH3 is 1. The summed E-state index contributed by atoms with van der Waals surface area (Å²) in [5.74, 6) is 1.84. The van der Waals surface area contributed by atoms with E-state index in [1.807, 2.05) is 18.3 Å². The van der Waals surface area contributed by atoms with E-state index >= 15 is 0 Å². The first kappa shape index (κ1) is 20.1. The second-order valence-electron chi connectivity index (χ2n) is 7.40. The van der Waals surface area contributed by atoms with Crippen molar-refractivity contribution in [3.8, 4) is 5.75 Å². The number of carbonyl (C=O) groups is 1. The third-order valence-corrected chi connectivity index (χ3v) is 5.48. The number of benzene rings is 1. The molecule has 7 nitrogen and oxygen atoms in total. The molecule has 0 radical (unpaired) electrons. The van der Waals surface area contributed by atoms with E-state index < -0.39 is 0 Å².